The van der Waals surface area contributed by atoms with E-state index in [0.29, 0.717) is 6.54 Å². The summed E-state index contributed by atoms with van der Waals surface area (Å²) in [6.07, 6.45) is 7.43. The quantitative estimate of drug-likeness (QED) is 0.362. The van der Waals surface area contributed by atoms with Gasteiger partial charge in [-0.05, 0) is 30.7 Å². The van der Waals surface area contributed by atoms with Crippen LogP contribution in [0.3, 0.4) is 0 Å². The summed E-state index contributed by atoms with van der Waals surface area (Å²) in [7, 11) is 3.94. The molecule has 0 bridgehead atoms. The zero-order valence-corrected chi connectivity index (χ0v) is 19.2. The monoisotopic (exact) mass is 497 g/mol. The average molecular weight is 497 g/mol. The van der Waals surface area contributed by atoms with E-state index in [1.165, 1.54) is 24.8 Å². The lowest BCUT2D eigenvalue weighted by atomic mass is 9.96. The summed E-state index contributed by atoms with van der Waals surface area (Å²) in [5.41, 5.74) is 1.27. The first kappa shape index (κ1) is 22.7. The van der Waals surface area contributed by atoms with Gasteiger partial charge in [0, 0.05) is 52.8 Å². The Morgan fingerprint density at radius 1 is 1.29 bits per heavy atom. The van der Waals surface area contributed by atoms with Crippen molar-refractivity contribution in [3.05, 3.63) is 54.1 Å². The van der Waals surface area contributed by atoms with Crippen LogP contribution in [0.4, 0.5) is 0 Å². The van der Waals surface area contributed by atoms with Crippen LogP contribution in [0.5, 0.6) is 0 Å². The number of guanidine groups is 1. The lowest BCUT2D eigenvalue weighted by Crippen LogP contribution is -2.40. The summed E-state index contributed by atoms with van der Waals surface area (Å²) in [6, 6.07) is 10.5. The Labute approximate surface area is 185 Å². The molecule has 28 heavy (non-hydrogen) atoms. The molecule has 1 aromatic heterocycles. The van der Waals surface area contributed by atoms with E-state index in [4.69, 9.17) is 4.74 Å². The lowest BCUT2D eigenvalue weighted by Gasteiger charge is -2.26. The predicted octanol–water partition coefficient (Wildman–Crippen LogP) is 3.37. The zero-order chi connectivity index (χ0) is 18.9. The molecule has 0 unspecified atom stereocenters. The molecule has 0 aliphatic carbocycles. The van der Waals surface area contributed by atoms with E-state index in [2.05, 4.69) is 56.1 Å². The highest BCUT2D eigenvalue weighted by Crippen LogP contribution is 2.18. The molecule has 2 heterocycles. The first-order valence-electron chi connectivity index (χ1n) is 9.79. The van der Waals surface area contributed by atoms with E-state index in [1.54, 1.807) is 0 Å². The van der Waals surface area contributed by atoms with Gasteiger partial charge in [-0.15, -0.1) is 24.0 Å². The fourth-order valence-corrected chi connectivity index (χ4v) is 3.49. The Morgan fingerprint density at radius 3 is 2.75 bits per heavy atom. The minimum absolute atomic E-state index is 0. The number of nitrogens with one attached hydrogen (secondary N) is 1. The van der Waals surface area contributed by atoms with Crippen molar-refractivity contribution in [2.24, 2.45) is 10.9 Å². The zero-order valence-electron chi connectivity index (χ0n) is 16.9. The van der Waals surface area contributed by atoms with Gasteiger partial charge in [-0.2, -0.15) is 0 Å². The second-order valence-electron chi connectivity index (χ2n) is 7.12. The minimum atomic E-state index is 0. The average Bonchev–Trinajstić information content (AvgIpc) is 3.15. The maximum absolute atomic E-state index is 5.45. The number of hydrogen-bond donors (Lipinski definition) is 1. The summed E-state index contributed by atoms with van der Waals surface area (Å²) in [4.78, 5) is 11.2. The minimum Gasteiger partial charge on any atom is -0.381 e. The van der Waals surface area contributed by atoms with Gasteiger partial charge in [0.05, 0.1) is 6.54 Å². The van der Waals surface area contributed by atoms with Crippen LogP contribution < -0.4 is 5.32 Å². The SMILES string of the molecule is CN=C(NCc1nccn1Cc1ccccc1)N(C)CCC1CCOCC1.I. The molecule has 1 aliphatic heterocycles. The van der Waals surface area contributed by atoms with E-state index < -0.39 is 0 Å². The molecule has 7 heteroatoms. The third-order valence-corrected chi connectivity index (χ3v) is 5.19. The van der Waals surface area contributed by atoms with Crippen molar-refractivity contribution < 1.29 is 4.74 Å². The van der Waals surface area contributed by atoms with Crippen molar-refractivity contribution in [3.63, 3.8) is 0 Å². The Kier molecular flexibility index (Phi) is 9.77. The van der Waals surface area contributed by atoms with E-state index in [0.717, 1.165) is 44.0 Å². The van der Waals surface area contributed by atoms with Crippen LogP contribution in [0, 0.1) is 5.92 Å². The highest BCUT2D eigenvalue weighted by Gasteiger charge is 2.15. The molecular formula is C21H32IN5O. The van der Waals surface area contributed by atoms with Gasteiger partial charge in [-0.1, -0.05) is 30.3 Å². The van der Waals surface area contributed by atoms with Gasteiger partial charge in [0.2, 0.25) is 0 Å². The van der Waals surface area contributed by atoms with Crippen LogP contribution in [-0.4, -0.2) is 54.3 Å². The third kappa shape index (κ3) is 6.77. The fraction of sp³-hybridized carbons (Fsp3) is 0.524. The lowest BCUT2D eigenvalue weighted by molar-refractivity contribution is 0.0625. The molecule has 1 aromatic carbocycles. The topological polar surface area (TPSA) is 54.7 Å². The Morgan fingerprint density at radius 2 is 2.04 bits per heavy atom. The highest BCUT2D eigenvalue weighted by atomic mass is 127. The Bertz CT molecular complexity index is 713. The molecule has 154 valence electrons. The highest BCUT2D eigenvalue weighted by molar-refractivity contribution is 14.0. The second-order valence-corrected chi connectivity index (χ2v) is 7.12. The van der Waals surface area contributed by atoms with Gasteiger partial charge >= 0.3 is 0 Å². The van der Waals surface area contributed by atoms with Crippen molar-refractivity contribution in [1.29, 1.82) is 0 Å². The summed E-state index contributed by atoms with van der Waals surface area (Å²) in [5, 5.41) is 3.45. The second kappa shape index (κ2) is 12.1. The number of halogens is 1. The molecule has 0 amide bonds. The summed E-state index contributed by atoms with van der Waals surface area (Å²) >= 11 is 0. The molecule has 2 aromatic rings. The molecule has 1 saturated heterocycles. The van der Waals surface area contributed by atoms with Crippen molar-refractivity contribution in [3.8, 4) is 0 Å². The van der Waals surface area contributed by atoms with E-state index in [1.807, 2.05) is 25.5 Å². The number of aromatic nitrogens is 2. The number of rotatable bonds is 7. The Balaban J connectivity index is 0.00000280. The number of imidazole rings is 1. The van der Waals surface area contributed by atoms with Crippen LogP contribution in [0.2, 0.25) is 0 Å². The molecule has 0 spiro atoms. The molecule has 1 aliphatic rings. The number of ether oxygens (including phenoxy) is 1. The van der Waals surface area contributed by atoms with E-state index in [9.17, 15) is 0 Å². The predicted molar refractivity (Wildman–Crippen MR) is 124 cm³/mol. The summed E-state index contributed by atoms with van der Waals surface area (Å²) in [6.45, 7) is 4.31. The summed E-state index contributed by atoms with van der Waals surface area (Å²) in [5.74, 6) is 2.69. The molecule has 0 radical (unpaired) electrons. The number of aliphatic imine (C=N–C) groups is 1. The normalized spacial score (nSPS) is 15.1. The van der Waals surface area contributed by atoms with Gasteiger partial charge < -0.3 is 19.5 Å². The first-order valence-corrected chi connectivity index (χ1v) is 9.79. The van der Waals surface area contributed by atoms with Crippen LogP contribution in [0.15, 0.2) is 47.7 Å². The molecule has 0 atom stereocenters. The van der Waals surface area contributed by atoms with Gasteiger partial charge in [0.1, 0.15) is 5.82 Å². The molecule has 1 N–H and O–H groups in total. The standard InChI is InChI=1S/C21H31N5O.HI/c1-22-21(25(2)12-8-18-9-14-27-15-10-18)24-16-20-23-11-13-26(20)17-19-6-4-3-5-7-19;/h3-7,11,13,18H,8-10,12,14-17H2,1-2H3,(H,22,24);1H. The smallest absolute Gasteiger partial charge is 0.193 e. The molecular weight excluding hydrogens is 465 g/mol. The van der Waals surface area contributed by atoms with Crippen molar-refractivity contribution in [2.45, 2.75) is 32.4 Å². The third-order valence-electron chi connectivity index (χ3n) is 5.19. The van der Waals surface area contributed by atoms with Crippen molar-refractivity contribution in [1.82, 2.24) is 19.8 Å². The van der Waals surface area contributed by atoms with Gasteiger partial charge in [-0.25, -0.2) is 4.98 Å². The number of benzene rings is 1. The van der Waals surface area contributed by atoms with Gasteiger partial charge in [0.15, 0.2) is 5.96 Å². The molecule has 1 fully saturated rings. The van der Waals surface area contributed by atoms with E-state index in [-0.39, 0.29) is 24.0 Å². The Hall–Kier alpha value is -1.61. The number of hydrogen-bond acceptors (Lipinski definition) is 3. The van der Waals surface area contributed by atoms with Gasteiger partial charge in [-0.3, -0.25) is 4.99 Å². The maximum Gasteiger partial charge on any atom is 0.193 e. The van der Waals surface area contributed by atoms with Crippen LogP contribution in [0.25, 0.3) is 0 Å². The van der Waals surface area contributed by atoms with E-state index >= 15 is 0 Å². The molecule has 0 saturated carbocycles. The first-order chi connectivity index (χ1) is 13.3. The van der Waals surface area contributed by atoms with Crippen LogP contribution in [0.1, 0.15) is 30.7 Å². The molecule has 3 rings (SSSR count). The van der Waals surface area contributed by atoms with Crippen molar-refractivity contribution >= 4 is 29.9 Å². The number of nitrogens with zero attached hydrogens (tertiary/aromatic N) is 4. The van der Waals surface area contributed by atoms with Crippen LogP contribution in [-0.2, 0) is 17.8 Å². The van der Waals surface area contributed by atoms with Gasteiger partial charge in [0.25, 0.3) is 0 Å². The maximum atomic E-state index is 5.45. The molecule has 6 nitrogen and oxygen atoms in total. The van der Waals surface area contributed by atoms with Crippen molar-refractivity contribution in [2.75, 3.05) is 33.9 Å². The largest absolute Gasteiger partial charge is 0.381 e. The summed E-state index contributed by atoms with van der Waals surface area (Å²) < 4.78 is 7.63. The fourth-order valence-electron chi connectivity index (χ4n) is 3.49. The van der Waals surface area contributed by atoms with Crippen LogP contribution >= 0.6 is 24.0 Å².